The van der Waals surface area contributed by atoms with E-state index in [9.17, 15) is 5.11 Å². The van der Waals surface area contributed by atoms with Crippen LogP contribution in [0.15, 0.2) is 70.9 Å². The van der Waals surface area contributed by atoms with Crippen LogP contribution in [0.1, 0.15) is 11.1 Å². The van der Waals surface area contributed by atoms with Crippen molar-refractivity contribution in [1.29, 1.82) is 0 Å². The Hall–Kier alpha value is -2.86. The minimum atomic E-state index is 0.178. The molecule has 0 unspecified atom stereocenters. The molecule has 2 heterocycles. The highest BCUT2D eigenvalue weighted by Crippen LogP contribution is 2.32. The molecule has 5 nitrogen and oxygen atoms in total. The van der Waals surface area contributed by atoms with Gasteiger partial charge >= 0.3 is 0 Å². The van der Waals surface area contributed by atoms with Crippen LogP contribution in [0.3, 0.4) is 0 Å². The van der Waals surface area contributed by atoms with E-state index >= 15 is 0 Å². The zero-order chi connectivity index (χ0) is 16.2. The zero-order valence-corrected chi connectivity index (χ0v) is 13.0. The van der Waals surface area contributed by atoms with Gasteiger partial charge in [-0.3, -0.25) is 0 Å². The summed E-state index contributed by atoms with van der Waals surface area (Å²) >= 11 is 1.49. The molecule has 0 saturated carbocycles. The summed E-state index contributed by atoms with van der Waals surface area (Å²) in [6, 6.07) is 6.82. The molecular formula is C17H14N4OS. The fourth-order valence-electron chi connectivity index (χ4n) is 2.06. The minimum absolute atomic E-state index is 0.178. The molecule has 0 saturated heterocycles. The summed E-state index contributed by atoms with van der Waals surface area (Å²) in [7, 11) is 0. The molecule has 0 fully saturated rings. The van der Waals surface area contributed by atoms with Crippen molar-refractivity contribution in [3.05, 3.63) is 77.1 Å². The summed E-state index contributed by atoms with van der Waals surface area (Å²) < 4.78 is 0. The van der Waals surface area contributed by atoms with Crippen molar-refractivity contribution in [1.82, 2.24) is 9.97 Å². The third-order valence-electron chi connectivity index (χ3n) is 3.20. The monoisotopic (exact) mass is 322 g/mol. The van der Waals surface area contributed by atoms with Gasteiger partial charge in [-0.1, -0.05) is 30.5 Å². The standard InChI is InChI=1S/C17H14N4OS/c1-11(12-3-2-4-14(22)7-12)21-15-5-6-23-17(15)16(18)13-8-19-10-20-9-13/h2-10,22H,1,18H2/b17-16+,21-15-. The number of rotatable bonds is 3. The first-order chi connectivity index (χ1) is 11.1. The molecule has 0 atom stereocenters. The van der Waals surface area contributed by atoms with Crippen LogP contribution >= 0.6 is 11.8 Å². The number of phenolic OH excluding ortho intramolecular Hbond substituents is 1. The first-order valence-corrected chi connectivity index (χ1v) is 7.69. The molecule has 114 valence electrons. The Bertz CT molecular complexity index is 841. The average Bonchev–Trinajstić information content (AvgIpc) is 3.03. The van der Waals surface area contributed by atoms with Crippen molar-refractivity contribution in [2.75, 3.05) is 0 Å². The zero-order valence-electron chi connectivity index (χ0n) is 12.2. The number of nitrogens with zero attached hydrogens (tertiary/aromatic N) is 3. The van der Waals surface area contributed by atoms with E-state index in [4.69, 9.17) is 5.73 Å². The summed E-state index contributed by atoms with van der Waals surface area (Å²) in [6.07, 6.45) is 6.66. The van der Waals surface area contributed by atoms with Gasteiger partial charge in [0.25, 0.3) is 0 Å². The lowest BCUT2D eigenvalue weighted by Gasteiger charge is -2.07. The quantitative estimate of drug-likeness (QED) is 0.906. The molecule has 1 aliphatic rings. The van der Waals surface area contributed by atoms with E-state index in [1.165, 1.54) is 18.1 Å². The van der Waals surface area contributed by atoms with Gasteiger partial charge in [0.15, 0.2) is 0 Å². The summed E-state index contributed by atoms with van der Waals surface area (Å²) in [5, 5.41) is 11.5. The molecule has 3 N–H and O–H groups in total. The van der Waals surface area contributed by atoms with Crippen molar-refractivity contribution < 1.29 is 5.11 Å². The third kappa shape index (κ3) is 3.32. The van der Waals surface area contributed by atoms with Crippen LogP contribution in [0.2, 0.25) is 0 Å². The average molecular weight is 322 g/mol. The molecule has 0 spiro atoms. The number of benzene rings is 1. The van der Waals surface area contributed by atoms with Crippen LogP contribution < -0.4 is 5.73 Å². The molecular weight excluding hydrogens is 308 g/mol. The Balaban J connectivity index is 1.95. The van der Waals surface area contributed by atoms with Gasteiger partial charge in [-0.2, -0.15) is 0 Å². The molecule has 0 bridgehead atoms. The number of hydrogen-bond donors (Lipinski definition) is 2. The van der Waals surface area contributed by atoms with E-state index in [1.807, 2.05) is 17.6 Å². The summed E-state index contributed by atoms with van der Waals surface area (Å²) in [4.78, 5) is 13.3. The second-order valence-electron chi connectivity index (χ2n) is 4.78. The van der Waals surface area contributed by atoms with Gasteiger partial charge in [-0.15, -0.1) is 0 Å². The van der Waals surface area contributed by atoms with Crippen molar-refractivity contribution >= 4 is 28.9 Å². The molecule has 0 amide bonds. The number of nitrogens with two attached hydrogens (primary N) is 1. The van der Waals surface area contributed by atoms with Gasteiger partial charge < -0.3 is 10.8 Å². The van der Waals surface area contributed by atoms with Crippen LogP contribution in [0.4, 0.5) is 0 Å². The molecule has 3 rings (SSSR count). The first-order valence-electron chi connectivity index (χ1n) is 6.81. The molecule has 1 aromatic carbocycles. The first kappa shape index (κ1) is 15.1. The summed E-state index contributed by atoms with van der Waals surface area (Å²) in [6.45, 7) is 3.97. The van der Waals surface area contributed by atoms with Crippen LogP contribution in [-0.4, -0.2) is 20.8 Å². The lowest BCUT2D eigenvalue weighted by molar-refractivity contribution is 0.475. The van der Waals surface area contributed by atoms with Gasteiger partial charge in [-0.05, 0) is 23.6 Å². The van der Waals surface area contributed by atoms with Crippen molar-refractivity contribution in [2.24, 2.45) is 10.7 Å². The molecule has 1 aliphatic heterocycles. The van der Waals surface area contributed by atoms with Gasteiger partial charge in [0, 0.05) is 23.5 Å². The Kier molecular flexibility index (Phi) is 4.25. The number of allylic oxidation sites excluding steroid dienone is 2. The second-order valence-corrected chi connectivity index (χ2v) is 5.70. The molecule has 2 aromatic rings. The summed E-state index contributed by atoms with van der Waals surface area (Å²) in [5.74, 6) is 0.178. The number of aromatic nitrogens is 2. The van der Waals surface area contributed by atoms with E-state index in [-0.39, 0.29) is 5.75 Å². The van der Waals surface area contributed by atoms with E-state index in [0.29, 0.717) is 11.4 Å². The Morgan fingerprint density at radius 3 is 2.74 bits per heavy atom. The van der Waals surface area contributed by atoms with Gasteiger partial charge in [-0.25, -0.2) is 15.0 Å². The normalized spacial score (nSPS) is 17.5. The topological polar surface area (TPSA) is 84.4 Å². The van der Waals surface area contributed by atoms with Crippen LogP contribution in [0.5, 0.6) is 5.75 Å². The Morgan fingerprint density at radius 1 is 1.22 bits per heavy atom. The van der Waals surface area contributed by atoms with E-state index in [1.54, 1.807) is 30.6 Å². The van der Waals surface area contributed by atoms with Crippen molar-refractivity contribution in [3.63, 3.8) is 0 Å². The number of aliphatic imine (C=N–C) groups is 1. The molecule has 1 aromatic heterocycles. The highest BCUT2D eigenvalue weighted by atomic mass is 32.2. The maximum absolute atomic E-state index is 9.56. The molecule has 0 radical (unpaired) electrons. The Labute approximate surface area is 138 Å². The fraction of sp³-hybridized carbons (Fsp3) is 0. The van der Waals surface area contributed by atoms with Gasteiger partial charge in [0.1, 0.15) is 12.1 Å². The molecule has 23 heavy (non-hydrogen) atoms. The molecule has 6 heteroatoms. The second kappa shape index (κ2) is 6.50. The lowest BCUT2D eigenvalue weighted by atomic mass is 10.1. The van der Waals surface area contributed by atoms with Crippen molar-refractivity contribution in [2.45, 2.75) is 0 Å². The predicted molar refractivity (Wildman–Crippen MR) is 94.4 cm³/mol. The third-order valence-corrected chi connectivity index (χ3v) is 4.13. The number of hydrogen-bond acceptors (Lipinski definition) is 6. The van der Waals surface area contributed by atoms with E-state index < -0.39 is 0 Å². The SMILES string of the molecule is C=C(/N=C1/C=CS/C1=C(/N)c1cncnc1)c1cccc(O)c1. The van der Waals surface area contributed by atoms with Crippen LogP contribution in [0, 0.1) is 0 Å². The van der Waals surface area contributed by atoms with Gasteiger partial charge in [0.2, 0.25) is 0 Å². The predicted octanol–water partition coefficient (Wildman–Crippen LogP) is 3.18. The smallest absolute Gasteiger partial charge is 0.116 e. The highest BCUT2D eigenvalue weighted by Gasteiger charge is 2.16. The van der Waals surface area contributed by atoms with E-state index in [0.717, 1.165) is 21.7 Å². The fourth-order valence-corrected chi connectivity index (χ4v) is 2.87. The lowest BCUT2D eigenvalue weighted by Crippen LogP contribution is -2.05. The summed E-state index contributed by atoms with van der Waals surface area (Å²) in [5.41, 5.74) is 9.57. The number of phenols is 1. The number of thioether (sulfide) groups is 1. The Morgan fingerprint density at radius 2 is 2.00 bits per heavy atom. The maximum atomic E-state index is 9.56. The van der Waals surface area contributed by atoms with E-state index in [2.05, 4.69) is 21.5 Å². The largest absolute Gasteiger partial charge is 0.508 e. The highest BCUT2D eigenvalue weighted by molar-refractivity contribution is 8.07. The van der Waals surface area contributed by atoms with Gasteiger partial charge in [0.05, 0.1) is 22.0 Å². The minimum Gasteiger partial charge on any atom is -0.508 e. The number of aromatic hydroxyl groups is 1. The van der Waals surface area contributed by atoms with Crippen LogP contribution in [0.25, 0.3) is 11.4 Å². The maximum Gasteiger partial charge on any atom is 0.116 e. The van der Waals surface area contributed by atoms with Crippen molar-refractivity contribution in [3.8, 4) is 5.75 Å². The van der Waals surface area contributed by atoms with Crippen LogP contribution in [-0.2, 0) is 0 Å². The molecule has 0 aliphatic carbocycles.